The van der Waals surface area contributed by atoms with E-state index >= 15 is 0 Å². The molecule has 0 bridgehead atoms. The van der Waals surface area contributed by atoms with E-state index in [0.29, 0.717) is 16.8 Å². The second-order valence-electron chi connectivity index (χ2n) is 3.89. The SMILES string of the molecule is N#Cc1ccccc1NC(=O)c1ccc(O)c(N)c1. The van der Waals surface area contributed by atoms with Crippen LogP contribution in [0.1, 0.15) is 15.9 Å². The number of anilines is 2. The van der Waals surface area contributed by atoms with Gasteiger partial charge in [-0.15, -0.1) is 0 Å². The summed E-state index contributed by atoms with van der Waals surface area (Å²) in [5.41, 5.74) is 6.77. The van der Waals surface area contributed by atoms with Crippen molar-refractivity contribution in [3.05, 3.63) is 53.6 Å². The van der Waals surface area contributed by atoms with E-state index in [1.165, 1.54) is 18.2 Å². The van der Waals surface area contributed by atoms with Gasteiger partial charge in [0, 0.05) is 5.56 Å². The summed E-state index contributed by atoms with van der Waals surface area (Å²) in [5.74, 6) is -0.469. The second-order valence-corrected chi connectivity index (χ2v) is 3.89. The average molecular weight is 253 g/mol. The number of para-hydroxylation sites is 1. The number of carbonyl (C=O) groups is 1. The predicted molar refractivity (Wildman–Crippen MR) is 71.6 cm³/mol. The van der Waals surface area contributed by atoms with E-state index in [1.54, 1.807) is 24.3 Å². The lowest BCUT2D eigenvalue weighted by Gasteiger charge is -2.07. The van der Waals surface area contributed by atoms with Crippen molar-refractivity contribution in [1.82, 2.24) is 0 Å². The quantitative estimate of drug-likeness (QED) is 0.563. The summed E-state index contributed by atoms with van der Waals surface area (Å²) in [7, 11) is 0. The van der Waals surface area contributed by atoms with Crippen LogP contribution in [0.2, 0.25) is 0 Å². The van der Waals surface area contributed by atoms with Crippen LogP contribution in [0.3, 0.4) is 0 Å². The van der Waals surface area contributed by atoms with Gasteiger partial charge >= 0.3 is 0 Å². The first-order valence-corrected chi connectivity index (χ1v) is 5.51. The first kappa shape index (κ1) is 12.5. The number of aromatic hydroxyl groups is 1. The molecule has 2 rings (SSSR count). The number of nitrogens with zero attached hydrogens (tertiary/aromatic N) is 1. The van der Waals surface area contributed by atoms with E-state index in [2.05, 4.69) is 5.32 Å². The van der Waals surface area contributed by atoms with E-state index in [1.807, 2.05) is 6.07 Å². The number of amides is 1. The van der Waals surface area contributed by atoms with Crippen LogP contribution in [0.5, 0.6) is 5.75 Å². The van der Waals surface area contributed by atoms with Gasteiger partial charge in [0.2, 0.25) is 0 Å². The summed E-state index contributed by atoms with van der Waals surface area (Å²) in [6.45, 7) is 0. The van der Waals surface area contributed by atoms with Crippen molar-refractivity contribution in [3.63, 3.8) is 0 Å². The van der Waals surface area contributed by atoms with Crippen LogP contribution in [-0.4, -0.2) is 11.0 Å². The van der Waals surface area contributed by atoms with Crippen molar-refractivity contribution in [3.8, 4) is 11.8 Å². The number of nitriles is 1. The zero-order valence-corrected chi connectivity index (χ0v) is 9.92. The van der Waals surface area contributed by atoms with E-state index in [9.17, 15) is 9.90 Å². The molecule has 0 aromatic heterocycles. The van der Waals surface area contributed by atoms with Crippen LogP contribution in [-0.2, 0) is 0 Å². The third-order valence-corrected chi connectivity index (χ3v) is 2.59. The Balaban J connectivity index is 2.26. The molecule has 19 heavy (non-hydrogen) atoms. The number of phenolic OH excluding ortho intramolecular Hbond substituents is 1. The molecular weight excluding hydrogens is 242 g/mol. The van der Waals surface area contributed by atoms with Gasteiger partial charge in [0.1, 0.15) is 11.8 Å². The van der Waals surface area contributed by atoms with Gasteiger partial charge in [-0.05, 0) is 30.3 Å². The monoisotopic (exact) mass is 253 g/mol. The lowest BCUT2D eigenvalue weighted by atomic mass is 10.1. The number of phenols is 1. The Morgan fingerprint density at radius 3 is 2.68 bits per heavy atom. The fourth-order valence-electron chi connectivity index (χ4n) is 1.58. The number of carbonyl (C=O) groups excluding carboxylic acids is 1. The predicted octanol–water partition coefficient (Wildman–Crippen LogP) is 2.10. The highest BCUT2D eigenvalue weighted by Gasteiger charge is 2.10. The van der Waals surface area contributed by atoms with Crippen molar-refractivity contribution >= 4 is 17.3 Å². The Labute approximate surface area is 109 Å². The van der Waals surface area contributed by atoms with Crippen LogP contribution < -0.4 is 11.1 Å². The van der Waals surface area contributed by atoms with E-state index in [4.69, 9.17) is 11.0 Å². The molecular formula is C14H11N3O2. The first-order valence-electron chi connectivity index (χ1n) is 5.51. The smallest absolute Gasteiger partial charge is 0.255 e. The average Bonchev–Trinajstić information content (AvgIpc) is 2.42. The molecule has 5 heteroatoms. The molecule has 0 aliphatic rings. The maximum absolute atomic E-state index is 12.0. The van der Waals surface area contributed by atoms with Crippen LogP contribution in [0.15, 0.2) is 42.5 Å². The van der Waals surface area contributed by atoms with Gasteiger partial charge in [0.25, 0.3) is 5.91 Å². The number of hydrogen-bond acceptors (Lipinski definition) is 4. The van der Waals surface area contributed by atoms with Gasteiger partial charge in [0.15, 0.2) is 0 Å². The molecule has 1 amide bonds. The highest BCUT2D eigenvalue weighted by molar-refractivity contribution is 6.05. The Morgan fingerprint density at radius 1 is 1.26 bits per heavy atom. The van der Waals surface area contributed by atoms with Crippen molar-refractivity contribution in [2.45, 2.75) is 0 Å². The molecule has 0 aliphatic heterocycles. The zero-order valence-electron chi connectivity index (χ0n) is 9.92. The molecule has 0 atom stereocenters. The van der Waals surface area contributed by atoms with Crippen LogP contribution in [0, 0.1) is 11.3 Å². The molecule has 0 fully saturated rings. The molecule has 0 spiro atoms. The summed E-state index contributed by atoms with van der Waals surface area (Å²) >= 11 is 0. The molecule has 0 aliphatic carbocycles. The molecule has 0 heterocycles. The topological polar surface area (TPSA) is 99.1 Å². The van der Waals surface area contributed by atoms with Gasteiger partial charge in [-0.2, -0.15) is 5.26 Å². The van der Waals surface area contributed by atoms with Crippen molar-refractivity contribution in [2.24, 2.45) is 0 Å². The minimum absolute atomic E-state index is 0.0750. The van der Waals surface area contributed by atoms with Crippen LogP contribution in [0.4, 0.5) is 11.4 Å². The molecule has 94 valence electrons. The van der Waals surface area contributed by atoms with Crippen LogP contribution in [0.25, 0.3) is 0 Å². The van der Waals surface area contributed by atoms with Crippen molar-refractivity contribution in [2.75, 3.05) is 11.1 Å². The largest absolute Gasteiger partial charge is 0.506 e. The van der Waals surface area contributed by atoms with Crippen LogP contribution >= 0.6 is 0 Å². The first-order chi connectivity index (χ1) is 9.11. The highest BCUT2D eigenvalue weighted by Crippen LogP contribution is 2.21. The summed E-state index contributed by atoms with van der Waals surface area (Å²) in [6.07, 6.45) is 0. The maximum Gasteiger partial charge on any atom is 0.255 e. The lowest BCUT2D eigenvalue weighted by molar-refractivity contribution is 0.102. The minimum atomic E-state index is -0.394. The maximum atomic E-state index is 12.0. The van der Waals surface area contributed by atoms with Crippen molar-refractivity contribution in [1.29, 1.82) is 5.26 Å². The number of rotatable bonds is 2. The summed E-state index contributed by atoms with van der Waals surface area (Å²) in [5, 5.41) is 20.9. The third kappa shape index (κ3) is 2.64. The van der Waals surface area contributed by atoms with Gasteiger partial charge in [-0.1, -0.05) is 12.1 Å². The van der Waals surface area contributed by atoms with E-state index < -0.39 is 5.91 Å². The van der Waals surface area contributed by atoms with Crippen molar-refractivity contribution < 1.29 is 9.90 Å². The fraction of sp³-hybridized carbons (Fsp3) is 0. The number of nitrogen functional groups attached to an aromatic ring is 1. The number of hydrogen-bond donors (Lipinski definition) is 3. The third-order valence-electron chi connectivity index (χ3n) is 2.59. The van der Waals surface area contributed by atoms with Gasteiger partial charge < -0.3 is 16.2 Å². The molecule has 2 aromatic carbocycles. The van der Waals surface area contributed by atoms with E-state index in [-0.39, 0.29) is 11.4 Å². The summed E-state index contributed by atoms with van der Waals surface area (Å²) in [6, 6.07) is 12.9. The normalized spacial score (nSPS) is 9.63. The number of nitrogens with two attached hydrogens (primary N) is 1. The molecule has 0 saturated carbocycles. The molecule has 0 radical (unpaired) electrons. The molecule has 2 aromatic rings. The minimum Gasteiger partial charge on any atom is -0.506 e. The standard InChI is InChI=1S/C14H11N3O2/c15-8-10-3-1-2-4-12(10)17-14(19)9-5-6-13(18)11(16)7-9/h1-7,18H,16H2,(H,17,19). The molecule has 0 unspecified atom stereocenters. The van der Waals surface area contributed by atoms with Gasteiger partial charge in [-0.25, -0.2) is 0 Å². The summed E-state index contributed by atoms with van der Waals surface area (Å²) < 4.78 is 0. The Bertz CT molecular complexity index is 675. The number of benzene rings is 2. The fourth-order valence-corrected chi connectivity index (χ4v) is 1.58. The summed E-state index contributed by atoms with van der Waals surface area (Å²) in [4.78, 5) is 12.0. The highest BCUT2D eigenvalue weighted by atomic mass is 16.3. The Morgan fingerprint density at radius 2 is 2.00 bits per heavy atom. The molecule has 4 N–H and O–H groups in total. The molecule has 0 saturated heterocycles. The van der Waals surface area contributed by atoms with E-state index in [0.717, 1.165) is 0 Å². The Hall–Kier alpha value is -3.00. The number of nitrogens with one attached hydrogen (secondary N) is 1. The van der Waals surface area contributed by atoms with Gasteiger partial charge in [-0.3, -0.25) is 4.79 Å². The second kappa shape index (κ2) is 5.10. The molecule has 5 nitrogen and oxygen atoms in total. The lowest BCUT2D eigenvalue weighted by Crippen LogP contribution is -2.13. The Kier molecular flexibility index (Phi) is 3.35. The zero-order chi connectivity index (χ0) is 13.8. The van der Waals surface area contributed by atoms with Gasteiger partial charge in [0.05, 0.1) is 16.9 Å².